The van der Waals surface area contributed by atoms with Gasteiger partial charge in [-0.1, -0.05) is 13.8 Å². The lowest BCUT2D eigenvalue weighted by Crippen LogP contribution is -2.48. The first-order valence-electron chi connectivity index (χ1n) is 6.99. The van der Waals surface area contributed by atoms with Crippen LogP contribution in [0, 0.1) is 17.2 Å². The number of anilines is 1. The van der Waals surface area contributed by atoms with Crippen molar-refractivity contribution in [3.8, 4) is 6.07 Å². The van der Waals surface area contributed by atoms with Crippen molar-refractivity contribution < 1.29 is 9.59 Å². The van der Waals surface area contributed by atoms with E-state index < -0.39 is 6.04 Å². The molecule has 6 heteroatoms. The maximum atomic E-state index is 12.4. The molecular weight excluding hydrogens is 268 g/mol. The highest BCUT2D eigenvalue weighted by atomic mass is 16.2. The Hall–Kier alpha value is -2.42. The number of likely N-dealkylation sites (tertiary alicyclic amines) is 1. The van der Waals surface area contributed by atoms with Crippen LogP contribution in [0.25, 0.3) is 0 Å². The molecule has 0 aromatic carbocycles. The quantitative estimate of drug-likeness (QED) is 0.909. The lowest BCUT2D eigenvalue weighted by molar-refractivity contribution is -0.136. The third-order valence-electron chi connectivity index (χ3n) is 3.49. The highest BCUT2D eigenvalue weighted by molar-refractivity contribution is 5.97. The van der Waals surface area contributed by atoms with E-state index in [1.54, 1.807) is 17.0 Å². The molecule has 1 aliphatic rings. The summed E-state index contributed by atoms with van der Waals surface area (Å²) in [6, 6.07) is 4.66. The van der Waals surface area contributed by atoms with Gasteiger partial charge >= 0.3 is 0 Å². The molecule has 6 nitrogen and oxygen atoms in total. The largest absolute Gasteiger partial charge is 0.330 e. The molecule has 0 spiro atoms. The minimum atomic E-state index is -0.488. The number of hydrogen-bond acceptors (Lipinski definition) is 4. The summed E-state index contributed by atoms with van der Waals surface area (Å²) in [5.41, 5.74) is 0.433. The van der Waals surface area contributed by atoms with Crippen LogP contribution >= 0.6 is 0 Å². The molecule has 110 valence electrons. The minimum absolute atomic E-state index is 0.0189. The molecule has 1 N–H and O–H groups in total. The number of pyridine rings is 1. The first-order valence-corrected chi connectivity index (χ1v) is 6.99. The van der Waals surface area contributed by atoms with Gasteiger partial charge < -0.3 is 10.2 Å². The van der Waals surface area contributed by atoms with Gasteiger partial charge in [0.25, 0.3) is 0 Å². The predicted octanol–water partition coefficient (Wildman–Crippen LogP) is 1.54. The minimum Gasteiger partial charge on any atom is -0.330 e. The number of aromatic nitrogens is 1. The number of rotatable bonds is 4. The zero-order chi connectivity index (χ0) is 15.4. The third-order valence-corrected chi connectivity index (χ3v) is 3.49. The number of amides is 2. The number of nitriles is 1. The van der Waals surface area contributed by atoms with Crippen molar-refractivity contribution in [2.45, 2.75) is 32.7 Å². The molecule has 0 aliphatic carbocycles. The number of carbonyl (C=O) groups is 2. The topological polar surface area (TPSA) is 86.1 Å². The number of nitrogens with zero attached hydrogens (tertiary/aromatic N) is 3. The van der Waals surface area contributed by atoms with E-state index in [1.807, 2.05) is 19.9 Å². The summed E-state index contributed by atoms with van der Waals surface area (Å²) >= 11 is 0. The maximum Gasteiger partial charge on any atom is 0.248 e. The van der Waals surface area contributed by atoms with Crippen LogP contribution in [0.3, 0.4) is 0 Å². The van der Waals surface area contributed by atoms with Crippen molar-refractivity contribution >= 4 is 17.6 Å². The summed E-state index contributed by atoms with van der Waals surface area (Å²) in [6.07, 6.45) is 2.71. The molecule has 0 saturated carbocycles. The van der Waals surface area contributed by atoms with Gasteiger partial charge in [-0.3, -0.25) is 9.59 Å². The fourth-order valence-electron chi connectivity index (χ4n) is 2.50. The average molecular weight is 286 g/mol. The van der Waals surface area contributed by atoms with Crippen molar-refractivity contribution in [2.24, 2.45) is 5.92 Å². The van der Waals surface area contributed by atoms with Gasteiger partial charge in [0.2, 0.25) is 11.8 Å². The van der Waals surface area contributed by atoms with Crippen LogP contribution in [0.15, 0.2) is 18.3 Å². The molecule has 21 heavy (non-hydrogen) atoms. The van der Waals surface area contributed by atoms with Crippen LogP contribution in [-0.4, -0.2) is 34.3 Å². The second-order valence-electron chi connectivity index (χ2n) is 5.41. The summed E-state index contributed by atoms with van der Waals surface area (Å²) in [6.45, 7) is 4.46. The Labute approximate surface area is 123 Å². The van der Waals surface area contributed by atoms with Crippen molar-refractivity contribution in [1.29, 1.82) is 5.26 Å². The zero-order valence-electron chi connectivity index (χ0n) is 12.2. The summed E-state index contributed by atoms with van der Waals surface area (Å²) in [4.78, 5) is 29.9. The summed E-state index contributed by atoms with van der Waals surface area (Å²) in [5, 5.41) is 11.4. The maximum absolute atomic E-state index is 12.4. The van der Waals surface area contributed by atoms with Gasteiger partial charge in [-0.25, -0.2) is 4.98 Å². The average Bonchev–Trinajstić information content (AvgIpc) is 2.85. The zero-order valence-corrected chi connectivity index (χ0v) is 12.2. The van der Waals surface area contributed by atoms with Gasteiger partial charge in [-0.15, -0.1) is 0 Å². The van der Waals surface area contributed by atoms with E-state index in [-0.39, 0.29) is 17.7 Å². The monoisotopic (exact) mass is 286 g/mol. The van der Waals surface area contributed by atoms with E-state index in [0.717, 1.165) is 6.42 Å². The molecule has 1 aromatic rings. The van der Waals surface area contributed by atoms with Crippen LogP contribution in [0.4, 0.5) is 5.82 Å². The molecule has 2 heterocycles. The molecule has 2 rings (SSSR count). The number of hydrogen-bond donors (Lipinski definition) is 1. The SMILES string of the molecule is CC(C)C(C(=O)Nc1ccc(C#N)cn1)N1CCCC1=O. The van der Waals surface area contributed by atoms with Gasteiger partial charge in [0.1, 0.15) is 17.9 Å². The molecule has 1 atom stereocenters. The molecule has 1 saturated heterocycles. The van der Waals surface area contributed by atoms with Gasteiger partial charge in [0, 0.05) is 19.2 Å². The van der Waals surface area contributed by atoms with Gasteiger partial charge in [-0.05, 0) is 24.5 Å². The smallest absolute Gasteiger partial charge is 0.248 e. The Morgan fingerprint density at radius 2 is 2.24 bits per heavy atom. The molecule has 1 aliphatic heterocycles. The number of carbonyl (C=O) groups excluding carboxylic acids is 2. The third kappa shape index (κ3) is 3.37. The van der Waals surface area contributed by atoms with Gasteiger partial charge in [-0.2, -0.15) is 5.26 Å². The first kappa shape index (κ1) is 15.0. The van der Waals surface area contributed by atoms with E-state index in [1.165, 1.54) is 6.20 Å². The Morgan fingerprint density at radius 1 is 1.48 bits per heavy atom. The van der Waals surface area contributed by atoms with Crippen LogP contribution in [0.5, 0.6) is 0 Å². The standard InChI is InChI=1S/C15H18N4O2/c1-10(2)14(19-7-3-4-13(19)20)15(21)18-12-6-5-11(8-16)9-17-12/h5-6,9-10,14H,3-4,7H2,1-2H3,(H,17,18,21). The first-order chi connectivity index (χ1) is 10.0. The van der Waals surface area contributed by atoms with Gasteiger partial charge in [0.15, 0.2) is 0 Å². The summed E-state index contributed by atoms with van der Waals surface area (Å²) < 4.78 is 0. The van der Waals surface area contributed by atoms with Crippen LogP contribution < -0.4 is 5.32 Å². The van der Waals surface area contributed by atoms with E-state index in [9.17, 15) is 9.59 Å². The van der Waals surface area contributed by atoms with E-state index in [4.69, 9.17) is 5.26 Å². The highest BCUT2D eigenvalue weighted by Gasteiger charge is 2.34. The molecule has 2 amide bonds. The molecule has 0 radical (unpaired) electrons. The van der Waals surface area contributed by atoms with E-state index >= 15 is 0 Å². The lowest BCUT2D eigenvalue weighted by Gasteiger charge is -2.29. The van der Waals surface area contributed by atoms with Crippen LogP contribution in [0.1, 0.15) is 32.3 Å². The second kappa shape index (κ2) is 6.35. The second-order valence-corrected chi connectivity index (χ2v) is 5.41. The predicted molar refractivity (Wildman–Crippen MR) is 77.2 cm³/mol. The van der Waals surface area contributed by atoms with Crippen molar-refractivity contribution in [2.75, 3.05) is 11.9 Å². The Morgan fingerprint density at radius 3 is 2.71 bits per heavy atom. The van der Waals surface area contributed by atoms with Crippen molar-refractivity contribution in [1.82, 2.24) is 9.88 Å². The fourth-order valence-corrected chi connectivity index (χ4v) is 2.50. The molecule has 1 aromatic heterocycles. The van der Waals surface area contributed by atoms with Crippen molar-refractivity contribution in [3.05, 3.63) is 23.9 Å². The molecular formula is C15H18N4O2. The summed E-state index contributed by atoms with van der Waals surface area (Å²) in [5.74, 6) is 0.191. The van der Waals surface area contributed by atoms with E-state index in [0.29, 0.717) is 24.3 Å². The molecule has 0 bridgehead atoms. The molecule has 1 fully saturated rings. The lowest BCUT2D eigenvalue weighted by atomic mass is 10.0. The van der Waals surface area contributed by atoms with Crippen LogP contribution in [0.2, 0.25) is 0 Å². The van der Waals surface area contributed by atoms with Crippen LogP contribution in [-0.2, 0) is 9.59 Å². The molecule has 1 unspecified atom stereocenters. The van der Waals surface area contributed by atoms with Crippen molar-refractivity contribution in [3.63, 3.8) is 0 Å². The normalized spacial score (nSPS) is 15.9. The Balaban J connectivity index is 2.11. The fraction of sp³-hybridized carbons (Fsp3) is 0.467. The Bertz CT molecular complexity index is 574. The number of nitrogens with one attached hydrogen (secondary N) is 1. The Kier molecular flexibility index (Phi) is 4.53. The summed E-state index contributed by atoms with van der Waals surface area (Å²) in [7, 11) is 0. The highest BCUT2D eigenvalue weighted by Crippen LogP contribution is 2.20. The van der Waals surface area contributed by atoms with E-state index in [2.05, 4.69) is 10.3 Å². The van der Waals surface area contributed by atoms with Gasteiger partial charge in [0.05, 0.1) is 5.56 Å².